The van der Waals surface area contributed by atoms with Crippen LogP contribution in [0, 0.1) is 5.82 Å². The van der Waals surface area contributed by atoms with Crippen molar-refractivity contribution in [2.45, 2.75) is 13.5 Å². The van der Waals surface area contributed by atoms with E-state index >= 15 is 0 Å². The Bertz CT molecular complexity index is 565. The third-order valence-electron chi connectivity index (χ3n) is 2.40. The van der Waals surface area contributed by atoms with Gasteiger partial charge in [0.2, 0.25) is 0 Å². The SMILES string of the molecule is CCNCc1ccnc(Oc2cncc(Cl)c2)c1F. The highest BCUT2D eigenvalue weighted by atomic mass is 35.5. The number of rotatable bonds is 5. The van der Waals surface area contributed by atoms with Crippen molar-refractivity contribution in [3.05, 3.63) is 47.1 Å². The highest BCUT2D eigenvalue weighted by Crippen LogP contribution is 2.25. The number of ether oxygens (including phenoxy) is 1. The minimum absolute atomic E-state index is 0.0838. The Balaban J connectivity index is 2.20. The highest BCUT2D eigenvalue weighted by Gasteiger charge is 2.11. The van der Waals surface area contributed by atoms with Crippen molar-refractivity contribution in [2.24, 2.45) is 0 Å². The fourth-order valence-corrected chi connectivity index (χ4v) is 1.65. The number of hydrogen-bond donors (Lipinski definition) is 1. The van der Waals surface area contributed by atoms with E-state index in [0.29, 0.717) is 22.9 Å². The lowest BCUT2D eigenvalue weighted by Crippen LogP contribution is -2.13. The number of nitrogens with one attached hydrogen (secondary N) is 1. The Hall–Kier alpha value is -1.72. The molecular formula is C13H13ClFN3O. The summed E-state index contributed by atoms with van der Waals surface area (Å²) in [5.41, 5.74) is 0.502. The summed E-state index contributed by atoms with van der Waals surface area (Å²) in [5.74, 6) is -0.220. The molecule has 0 unspecified atom stereocenters. The summed E-state index contributed by atoms with van der Waals surface area (Å²) < 4.78 is 19.5. The second-order valence-corrected chi connectivity index (χ2v) is 4.25. The first kappa shape index (κ1) is 13.7. The van der Waals surface area contributed by atoms with Crippen LogP contribution in [0.4, 0.5) is 4.39 Å². The molecule has 2 aromatic heterocycles. The van der Waals surface area contributed by atoms with Crippen LogP contribution in [0.2, 0.25) is 5.02 Å². The van der Waals surface area contributed by atoms with E-state index in [1.54, 1.807) is 12.1 Å². The number of pyridine rings is 2. The summed E-state index contributed by atoms with van der Waals surface area (Å²) in [6, 6.07) is 3.16. The second-order valence-electron chi connectivity index (χ2n) is 3.81. The minimum atomic E-state index is -0.483. The molecule has 4 nitrogen and oxygen atoms in total. The predicted octanol–water partition coefficient (Wildman–Crippen LogP) is 3.17. The fourth-order valence-electron chi connectivity index (χ4n) is 1.49. The molecular weight excluding hydrogens is 269 g/mol. The lowest BCUT2D eigenvalue weighted by molar-refractivity contribution is 0.416. The summed E-state index contributed by atoms with van der Waals surface area (Å²) in [6.45, 7) is 3.14. The number of nitrogens with zero attached hydrogens (tertiary/aromatic N) is 2. The lowest BCUT2D eigenvalue weighted by atomic mass is 10.2. The van der Waals surface area contributed by atoms with Crippen LogP contribution in [0.15, 0.2) is 30.7 Å². The van der Waals surface area contributed by atoms with Crippen molar-refractivity contribution in [3.63, 3.8) is 0 Å². The maximum Gasteiger partial charge on any atom is 0.256 e. The van der Waals surface area contributed by atoms with Gasteiger partial charge in [0.25, 0.3) is 5.88 Å². The van der Waals surface area contributed by atoms with Crippen molar-refractivity contribution in [2.75, 3.05) is 6.54 Å². The van der Waals surface area contributed by atoms with Gasteiger partial charge in [-0.3, -0.25) is 4.98 Å². The van der Waals surface area contributed by atoms with E-state index in [-0.39, 0.29) is 5.88 Å². The summed E-state index contributed by atoms with van der Waals surface area (Å²) in [7, 11) is 0. The van der Waals surface area contributed by atoms with Gasteiger partial charge in [-0.15, -0.1) is 0 Å². The predicted molar refractivity (Wildman–Crippen MR) is 70.9 cm³/mol. The maximum absolute atomic E-state index is 14.1. The molecule has 1 N–H and O–H groups in total. The summed E-state index contributed by atoms with van der Waals surface area (Å²) in [6.07, 6.45) is 4.42. The molecule has 2 heterocycles. The van der Waals surface area contributed by atoms with Crippen molar-refractivity contribution in [1.29, 1.82) is 0 Å². The van der Waals surface area contributed by atoms with Gasteiger partial charge in [0.1, 0.15) is 5.75 Å². The van der Waals surface area contributed by atoms with Gasteiger partial charge in [0.05, 0.1) is 11.2 Å². The van der Waals surface area contributed by atoms with Gasteiger partial charge >= 0.3 is 0 Å². The normalized spacial score (nSPS) is 10.5. The average molecular weight is 282 g/mol. The average Bonchev–Trinajstić information content (AvgIpc) is 2.40. The van der Waals surface area contributed by atoms with Crippen molar-refractivity contribution in [1.82, 2.24) is 15.3 Å². The minimum Gasteiger partial charge on any atom is -0.435 e. The van der Waals surface area contributed by atoms with Crippen LogP contribution in [0.25, 0.3) is 0 Å². The van der Waals surface area contributed by atoms with Gasteiger partial charge in [-0.25, -0.2) is 9.37 Å². The van der Waals surface area contributed by atoms with Crippen molar-refractivity contribution >= 4 is 11.6 Å². The largest absolute Gasteiger partial charge is 0.435 e. The second kappa shape index (κ2) is 6.45. The van der Waals surface area contributed by atoms with Crippen LogP contribution in [0.5, 0.6) is 11.6 Å². The summed E-state index contributed by atoms with van der Waals surface area (Å²) in [5, 5.41) is 3.47. The van der Waals surface area contributed by atoms with Gasteiger partial charge in [-0.05, 0) is 12.6 Å². The third kappa shape index (κ3) is 3.62. The number of aromatic nitrogens is 2. The number of hydrogen-bond acceptors (Lipinski definition) is 4. The zero-order valence-electron chi connectivity index (χ0n) is 10.4. The van der Waals surface area contributed by atoms with Gasteiger partial charge in [-0.1, -0.05) is 18.5 Å². The third-order valence-corrected chi connectivity index (χ3v) is 2.60. The molecule has 19 heavy (non-hydrogen) atoms. The quantitative estimate of drug-likeness (QED) is 0.914. The van der Waals surface area contributed by atoms with Crippen molar-refractivity contribution < 1.29 is 9.13 Å². The van der Waals surface area contributed by atoms with Gasteiger partial charge in [-0.2, -0.15) is 0 Å². The van der Waals surface area contributed by atoms with Crippen LogP contribution in [-0.2, 0) is 6.54 Å². The van der Waals surface area contributed by atoms with Crippen LogP contribution >= 0.6 is 11.6 Å². The van der Waals surface area contributed by atoms with E-state index in [9.17, 15) is 4.39 Å². The fraction of sp³-hybridized carbons (Fsp3) is 0.231. The standard InChI is InChI=1S/C13H13ClFN3O/c1-2-16-6-9-3-4-18-13(12(9)15)19-11-5-10(14)7-17-8-11/h3-5,7-8,16H,2,6H2,1H3. The Labute approximate surface area is 115 Å². The maximum atomic E-state index is 14.1. The highest BCUT2D eigenvalue weighted by molar-refractivity contribution is 6.30. The van der Waals surface area contributed by atoms with Gasteiger partial charge in [0.15, 0.2) is 5.82 Å². The summed E-state index contributed by atoms with van der Waals surface area (Å²) in [4.78, 5) is 7.74. The first-order valence-electron chi connectivity index (χ1n) is 5.83. The smallest absolute Gasteiger partial charge is 0.256 e. The molecule has 0 amide bonds. The Kier molecular flexibility index (Phi) is 4.65. The first-order chi connectivity index (χ1) is 9.20. The van der Waals surface area contributed by atoms with E-state index in [1.807, 2.05) is 6.92 Å². The molecule has 0 bridgehead atoms. The van der Waals surface area contributed by atoms with E-state index in [0.717, 1.165) is 6.54 Å². The zero-order chi connectivity index (χ0) is 13.7. The molecule has 0 atom stereocenters. The van der Waals surface area contributed by atoms with Crippen LogP contribution in [0.1, 0.15) is 12.5 Å². The van der Waals surface area contributed by atoms with E-state index < -0.39 is 5.82 Å². The van der Waals surface area contributed by atoms with Crippen molar-refractivity contribution in [3.8, 4) is 11.6 Å². The molecule has 0 aliphatic heterocycles. The number of halogens is 2. The molecule has 0 fully saturated rings. The molecule has 2 rings (SSSR count). The molecule has 0 saturated heterocycles. The molecule has 0 radical (unpaired) electrons. The van der Waals surface area contributed by atoms with Crippen LogP contribution in [0.3, 0.4) is 0 Å². The molecule has 0 aliphatic rings. The topological polar surface area (TPSA) is 47.0 Å². The van der Waals surface area contributed by atoms with Gasteiger partial charge in [0, 0.05) is 30.6 Å². The van der Waals surface area contributed by atoms with E-state index in [2.05, 4.69) is 15.3 Å². The summed E-state index contributed by atoms with van der Waals surface area (Å²) >= 11 is 5.78. The first-order valence-corrected chi connectivity index (χ1v) is 6.21. The molecule has 0 aliphatic carbocycles. The molecule has 0 aromatic carbocycles. The Morgan fingerprint density at radius 1 is 1.42 bits per heavy atom. The molecule has 100 valence electrons. The molecule has 0 saturated carbocycles. The Morgan fingerprint density at radius 2 is 2.26 bits per heavy atom. The zero-order valence-corrected chi connectivity index (χ0v) is 11.1. The van der Waals surface area contributed by atoms with Gasteiger partial charge < -0.3 is 10.1 Å². The Morgan fingerprint density at radius 3 is 3.00 bits per heavy atom. The lowest BCUT2D eigenvalue weighted by Gasteiger charge is -2.09. The van der Waals surface area contributed by atoms with Crippen LogP contribution in [-0.4, -0.2) is 16.5 Å². The molecule has 2 aromatic rings. The van der Waals surface area contributed by atoms with E-state index in [1.165, 1.54) is 18.6 Å². The van der Waals surface area contributed by atoms with E-state index in [4.69, 9.17) is 16.3 Å². The monoisotopic (exact) mass is 281 g/mol. The molecule has 0 spiro atoms. The van der Waals surface area contributed by atoms with Crippen LogP contribution < -0.4 is 10.1 Å². The molecule has 6 heteroatoms.